The van der Waals surface area contributed by atoms with E-state index in [1.807, 2.05) is 0 Å². The number of rotatable bonds is 4. The Bertz CT molecular complexity index is 580. The molecular weight excluding hydrogens is 256 g/mol. The van der Waals surface area contributed by atoms with Gasteiger partial charge in [0.1, 0.15) is 5.75 Å². The van der Waals surface area contributed by atoms with Gasteiger partial charge in [-0.2, -0.15) is 4.98 Å². The second kappa shape index (κ2) is 5.18. The molecule has 0 saturated carbocycles. The second-order valence-electron chi connectivity index (χ2n) is 3.73. The van der Waals surface area contributed by atoms with Crippen molar-refractivity contribution in [3.8, 4) is 5.75 Å². The Balaban J connectivity index is 2.08. The van der Waals surface area contributed by atoms with Crippen molar-refractivity contribution >= 4 is 17.4 Å². The molecule has 5 nitrogen and oxygen atoms in total. The number of ether oxygens (including phenoxy) is 1. The van der Waals surface area contributed by atoms with Gasteiger partial charge in [0, 0.05) is 5.56 Å². The average Bonchev–Trinajstić information content (AvgIpc) is 2.73. The third-order valence-electron chi connectivity index (χ3n) is 2.26. The molecule has 2 rings (SSSR count). The van der Waals surface area contributed by atoms with Crippen molar-refractivity contribution in [1.82, 2.24) is 10.1 Å². The maximum absolute atomic E-state index is 11.2. The molecule has 6 heteroatoms. The van der Waals surface area contributed by atoms with Crippen molar-refractivity contribution in [1.29, 1.82) is 0 Å². The first-order chi connectivity index (χ1) is 8.56. The van der Waals surface area contributed by atoms with Crippen LogP contribution >= 0.6 is 11.6 Å². The van der Waals surface area contributed by atoms with Gasteiger partial charge >= 0.3 is 0 Å². The van der Waals surface area contributed by atoms with E-state index in [4.69, 9.17) is 20.9 Å². The molecule has 1 aromatic heterocycles. The fourth-order valence-corrected chi connectivity index (χ4v) is 1.61. The zero-order chi connectivity index (χ0) is 13.1. The van der Waals surface area contributed by atoms with Gasteiger partial charge in [-0.15, -0.1) is 0 Å². The van der Waals surface area contributed by atoms with Crippen LogP contribution < -0.4 is 4.74 Å². The van der Waals surface area contributed by atoms with Gasteiger partial charge in [0.25, 0.3) is 5.89 Å². The number of hydrogen-bond acceptors (Lipinski definition) is 5. The SMILES string of the molecule is CC(=O)c1ccc(OCc2nc(C)no2)c(Cl)c1. The number of carbonyl (C=O) groups excluding carboxylic acids is 1. The van der Waals surface area contributed by atoms with E-state index < -0.39 is 0 Å². The van der Waals surface area contributed by atoms with Gasteiger partial charge in [-0.25, -0.2) is 0 Å². The van der Waals surface area contributed by atoms with Crippen LogP contribution in [0.3, 0.4) is 0 Å². The molecule has 0 amide bonds. The summed E-state index contributed by atoms with van der Waals surface area (Å²) < 4.78 is 10.3. The van der Waals surface area contributed by atoms with E-state index >= 15 is 0 Å². The maximum Gasteiger partial charge on any atom is 0.264 e. The van der Waals surface area contributed by atoms with Gasteiger partial charge in [-0.1, -0.05) is 16.8 Å². The van der Waals surface area contributed by atoms with E-state index in [0.29, 0.717) is 28.1 Å². The Morgan fingerprint density at radius 1 is 1.50 bits per heavy atom. The Hall–Kier alpha value is -1.88. The van der Waals surface area contributed by atoms with Crippen molar-refractivity contribution in [2.75, 3.05) is 0 Å². The molecule has 94 valence electrons. The number of aromatic nitrogens is 2. The number of hydrogen-bond donors (Lipinski definition) is 0. The van der Waals surface area contributed by atoms with Crippen molar-refractivity contribution in [3.63, 3.8) is 0 Å². The summed E-state index contributed by atoms with van der Waals surface area (Å²) in [4.78, 5) is 15.2. The molecule has 2 aromatic rings. The predicted molar refractivity (Wildman–Crippen MR) is 64.8 cm³/mol. The van der Waals surface area contributed by atoms with Crippen molar-refractivity contribution in [2.24, 2.45) is 0 Å². The van der Waals surface area contributed by atoms with Gasteiger partial charge in [-0.05, 0) is 32.0 Å². The summed E-state index contributed by atoms with van der Waals surface area (Å²) in [5.74, 6) is 1.35. The fourth-order valence-electron chi connectivity index (χ4n) is 1.38. The Morgan fingerprint density at radius 2 is 2.28 bits per heavy atom. The number of carbonyl (C=O) groups is 1. The molecule has 0 spiro atoms. The van der Waals surface area contributed by atoms with Crippen LogP contribution in [0.15, 0.2) is 22.7 Å². The van der Waals surface area contributed by atoms with E-state index in [-0.39, 0.29) is 12.4 Å². The second-order valence-corrected chi connectivity index (χ2v) is 4.13. The lowest BCUT2D eigenvalue weighted by Crippen LogP contribution is -1.98. The molecule has 0 bridgehead atoms. The Kier molecular flexibility index (Phi) is 3.62. The summed E-state index contributed by atoms with van der Waals surface area (Å²) in [6, 6.07) is 4.86. The van der Waals surface area contributed by atoms with Gasteiger partial charge in [0.05, 0.1) is 5.02 Å². The van der Waals surface area contributed by atoms with Crippen LogP contribution in [0.5, 0.6) is 5.75 Å². The summed E-state index contributed by atoms with van der Waals surface area (Å²) in [5, 5.41) is 4.02. The van der Waals surface area contributed by atoms with Crippen molar-refractivity contribution < 1.29 is 14.1 Å². The molecule has 1 heterocycles. The minimum absolute atomic E-state index is 0.0454. The number of nitrogens with zero attached hydrogens (tertiary/aromatic N) is 2. The van der Waals surface area contributed by atoms with Crippen LogP contribution in [0.4, 0.5) is 0 Å². The first kappa shape index (κ1) is 12.6. The fraction of sp³-hybridized carbons (Fsp3) is 0.250. The van der Waals surface area contributed by atoms with Gasteiger partial charge in [0.15, 0.2) is 18.2 Å². The van der Waals surface area contributed by atoms with Gasteiger partial charge in [-0.3, -0.25) is 4.79 Å². The average molecular weight is 267 g/mol. The van der Waals surface area contributed by atoms with Gasteiger partial charge in [0.2, 0.25) is 0 Å². The zero-order valence-corrected chi connectivity index (χ0v) is 10.7. The molecule has 0 aliphatic carbocycles. The minimum Gasteiger partial charge on any atom is -0.482 e. The number of halogens is 1. The predicted octanol–water partition coefficient (Wildman–Crippen LogP) is 2.81. The summed E-state index contributed by atoms with van der Waals surface area (Å²) in [6.07, 6.45) is 0. The molecule has 0 atom stereocenters. The molecule has 0 aliphatic heterocycles. The number of aryl methyl sites for hydroxylation is 1. The van der Waals surface area contributed by atoms with Crippen LogP contribution in [0.25, 0.3) is 0 Å². The molecule has 0 unspecified atom stereocenters. The molecule has 0 N–H and O–H groups in total. The summed E-state index contributed by atoms with van der Waals surface area (Å²) in [5.41, 5.74) is 0.543. The number of benzene rings is 1. The topological polar surface area (TPSA) is 65.2 Å². The van der Waals surface area contributed by atoms with Crippen LogP contribution in [0.2, 0.25) is 5.02 Å². The van der Waals surface area contributed by atoms with E-state index in [9.17, 15) is 4.79 Å². The van der Waals surface area contributed by atoms with E-state index in [1.54, 1.807) is 25.1 Å². The van der Waals surface area contributed by atoms with Crippen LogP contribution in [-0.4, -0.2) is 15.9 Å². The number of Topliss-reactive ketones (excluding diaryl/α,β-unsaturated/α-hetero) is 1. The van der Waals surface area contributed by atoms with Crippen molar-refractivity contribution in [3.05, 3.63) is 40.5 Å². The van der Waals surface area contributed by atoms with Crippen LogP contribution in [0, 0.1) is 6.92 Å². The third-order valence-corrected chi connectivity index (χ3v) is 2.55. The first-order valence-corrected chi connectivity index (χ1v) is 5.66. The van der Waals surface area contributed by atoms with Crippen molar-refractivity contribution in [2.45, 2.75) is 20.5 Å². The Labute approximate surface area is 109 Å². The highest BCUT2D eigenvalue weighted by Crippen LogP contribution is 2.26. The number of ketones is 1. The lowest BCUT2D eigenvalue weighted by molar-refractivity contribution is 0.101. The molecule has 0 aliphatic rings. The molecule has 0 saturated heterocycles. The zero-order valence-electron chi connectivity index (χ0n) is 9.94. The van der Waals surface area contributed by atoms with E-state index in [2.05, 4.69) is 10.1 Å². The highest BCUT2D eigenvalue weighted by Gasteiger charge is 2.08. The molecule has 1 aromatic carbocycles. The summed E-state index contributed by atoms with van der Waals surface area (Å²) >= 11 is 6.00. The normalized spacial score (nSPS) is 10.4. The minimum atomic E-state index is -0.0454. The summed E-state index contributed by atoms with van der Waals surface area (Å²) in [7, 11) is 0. The van der Waals surface area contributed by atoms with Crippen LogP contribution in [-0.2, 0) is 6.61 Å². The lowest BCUT2D eigenvalue weighted by atomic mass is 10.1. The lowest BCUT2D eigenvalue weighted by Gasteiger charge is -2.06. The smallest absolute Gasteiger partial charge is 0.264 e. The maximum atomic E-state index is 11.2. The first-order valence-electron chi connectivity index (χ1n) is 5.29. The van der Waals surface area contributed by atoms with E-state index in [1.165, 1.54) is 6.92 Å². The Morgan fingerprint density at radius 3 is 2.83 bits per heavy atom. The standard InChI is InChI=1S/C12H11ClN2O3/c1-7(16)9-3-4-11(10(13)5-9)17-6-12-14-8(2)15-18-12/h3-5H,6H2,1-2H3. The molecule has 0 radical (unpaired) electrons. The molecular formula is C12H11ClN2O3. The summed E-state index contributed by atoms with van der Waals surface area (Å²) in [6.45, 7) is 3.34. The highest BCUT2D eigenvalue weighted by molar-refractivity contribution is 6.32. The van der Waals surface area contributed by atoms with Crippen LogP contribution in [0.1, 0.15) is 29.0 Å². The van der Waals surface area contributed by atoms with Gasteiger partial charge < -0.3 is 9.26 Å². The molecule has 18 heavy (non-hydrogen) atoms. The van der Waals surface area contributed by atoms with E-state index in [0.717, 1.165) is 0 Å². The monoisotopic (exact) mass is 266 g/mol. The third kappa shape index (κ3) is 2.87. The largest absolute Gasteiger partial charge is 0.482 e. The molecule has 0 fully saturated rings. The highest BCUT2D eigenvalue weighted by atomic mass is 35.5. The quantitative estimate of drug-likeness (QED) is 0.796.